The number of aromatic nitrogens is 2. The fourth-order valence-corrected chi connectivity index (χ4v) is 2.55. The molecule has 8 heteroatoms. The van der Waals surface area contributed by atoms with Crippen molar-refractivity contribution in [3.05, 3.63) is 78.1 Å². The van der Waals surface area contributed by atoms with Crippen LogP contribution in [0.2, 0.25) is 0 Å². The Hall–Kier alpha value is -3.42. The predicted octanol–water partition coefficient (Wildman–Crippen LogP) is 3.85. The molecule has 1 aromatic heterocycles. The Kier molecular flexibility index (Phi) is 5.98. The molecule has 0 aliphatic heterocycles. The minimum absolute atomic E-state index is 0.0210. The number of anilines is 1. The fraction of sp³-hybridized carbons (Fsp3) is 0.158. The molecule has 2 amide bonds. The monoisotopic (exact) mass is 372 g/mol. The highest BCUT2D eigenvalue weighted by molar-refractivity contribution is 5.89. The summed E-state index contributed by atoms with van der Waals surface area (Å²) >= 11 is 0. The largest absolute Gasteiger partial charge is 0.435 e. The lowest BCUT2D eigenvalue weighted by atomic mass is 10.1. The van der Waals surface area contributed by atoms with Gasteiger partial charge in [0.1, 0.15) is 5.75 Å². The first-order valence-corrected chi connectivity index (χ1v) is 8.24. The van der Waals surface area contributed by atoms with Gasteiger partial charge in [0.05, 0.1) is 6.54 Å². The van der Waals surface area contributed by atoms with Crippen molar-refractivity contribution < 1.29 is 18.3 Å². The molecule has 140 valence electrons. The topological polar surface area (TPSA) is 68.2 Å². The molecule has 3 aromatic rings. The van der Waals surface area contributed by atoms with Gasteiger partial charge in [0.15, 0.2) is 0 Å². The number of benzene rings is 2. The van der Waals surface area contributed by atoms with E-state index in [2.05, 4.69) is 20.5 Å². The van der Waals surface area contributed by atoms with E-state index >= 15 is 0 Å². The maximum absolute atomic E-state index is 12.3. The first-order chi connectivity index (χ1) is 13.1. The summed E-state index contributed by atoms with van der Waals surface area (Å²) < 4.78 is 30.7. The summed E-state index contributed by atoms with van der Waals surface area (Å²) in [4.78, 5) is 12.1. The Morgan fingerprint density at radius 3 is 2.67 bits per heavy atom. The van der Waals surface area contributed by atoms with Crippen molar-refractivity contribution in [2.24, 2.45) is 0 Å². The van der Waals surface area contributed by atoms with Crippen molar-refractivity contribution >= 4 is 11.7 Å². The number of urea groups is 1. The molecule has 0 fully saturated rings. The summed E-state index contributed by atoms with van der Waals surface area (Å²) in [5.74, 6) is -0.0210. The molecule has 3 rings (SSSR count). The van der Waals surface area contributed by atoms with Crippen molar-refractivity contribution in [1.82, 2.24) is 15.1 Å². The second-order valence-electron chi connectivity index (χ2n) is 5.69. The summed E-state index contributed by atoms with van der Waals surface area (Å²) in [7, 11) is 0. The van der Waals surface area contributed by atoms with Gasteiger partial charge in [-0.2, -0.15) is 13.9 Å². The number of hydrogen-bond donors (Lipinski definition) is 2. The molecule has 6 nitrogen and oxygen atoms in total. The third kappa shape index (κ3) is 5.53. The lowest BCUT2D eigenvalue weighted by Gasteiger charge is -2.12. The van der Waals surface area contributed by atoms with Crippen LogP contribution in [0.1, 0.15) is 11.1 Å². The highest BCUT2D eigenvalue weighted by Gasteiger charge is 2.08. The Morgan fingerprint density at radius 2 is 1.93 bits per heavy atom. The maximum Gasteiger partial charge on any atom is 0.387 e. The van der Waals surface area contributed by atoms with Gasteiger partial charge < -0.3 is 15.4 Å². The molecule has 2 N–H and O–H groups in total. The number of hydrogen-bond acceptors (Lipinski definition) is 3. The molecule has 0 unspecified atom stereocenters. The maximum atomic E-state index is 12.3. The zero-order chi connectivity index (χ0) is 19.1. The SMILES string of the molecule is O=C(NCc1ccccc1Cn1cccn1)Nc1cccc(OC(F)F)c1. The molecular weight excluding hydrogens is 354 g/mol. The molecule has 27 heavy (non-hydrogen) atoms. The molecule has 0 saturated heterocycles. The number of alkyl halides is 2. The molecule has 0 atom stereocenters. The molecule has 2 aromatic carbocycles. The second-order valence-corrected chi connectivity index (χ2v) is 5.69. The fourth-order valence-electron chi connectivity index (χ4n) is 2.55. The summed E-state index contributed by atoms with van der Waals surface area (Å²) in [6.45, 7) is -2.00. The predicted molar refractivity (Wildman–Crippen MR) is 96.7 cm³/mol. The summed E-state index contributed by atoms with van der Waals surface area (Å²) in [5, 5.41) is 9.54. The van der Waals surface area contributed by atoms with Crippen LogP contribution in [0.15, 0.2) is 67.0 Å². The number of carbonyl (C=O) groups excluding carboxylic acids is 1. The van der Waals surface area contributed by atoms with Crippen molar-refractivity contribution in [2.45, 2.75) is 19.7 Å². The van der Waals surface area contributed by atoms with Crippen molar-refractivity contribution in [2.75, 3.05) is 5.32 Å². The average Bonchev–Trinajstić information content (AvgIpc) is 3.14. The minimum Gasteiger partial charge on any atom is -0.435 e. The van der Waals surface area contributed by atoms with Crippen LogP contribution in [0.3, 0.4) is 0 Å². The van der Waals surface area contributed by atoms with Crippen LogP contribution in [0, 0.1) is 0 Å². The molecule has 0 aliphatic rings. The Bertz CT molecular complexity index is 885. The van der Waals surface area contributed by atoms with Crippen LogP contribution >= 0.6 is 0 Å². The van der Waals surface area contributed by atoms with E-state index in [1.165, 1.54) is 18.2 Å². The van der Waals surface area contributed by atoms with Crippen molar-refractivity contribution in [3.63, 3.8) is 0 Å². The van der Waals surface area contributed by atoms with E-state index in [4.69, 9.17) is 0 Å². The van der Waals surface area contributed by atoms with Gasteiger partial charge in [-0.1, -0.05) is 30.3 Å². The van der Waals surface area contributed by atoms with Crippen molar-refractivity contribution in [3.8, 4) is 5.75 Å². The highest BCUT2D eigenvalue weighted by Crippen LogP contribution is 2.19. The van der Waals surface area contributed by atoms with Crippen molar-refractivity contribution in [1.29, 1.82) is 0 Å². The molecule has 1 heterocycles. The summed E-state index contributed by atoms with van der Waals surface area (Å²) in [6.07, 6.45) is 3.57. The van der Waals surface area contributed by atoms with Gasteiger partial charge in [-0.25, -0.2) is 4.79 Å². The number of nitrogens with zero attached hydrogens (tertiary/aromatic N) is 2. The van der Waals surface area contributed by atoms with Crippen LogP contribution < -0.4 is 15.4 Å². The Labute approximate surface area is 154 Å². The minimum atomic E-state index is -2.92. The number of carbonyl (C=O) groups is 1. The molecule has 0 aliphatic carbocycles. The third-order valence-corrected chi connectivity index (χ3v) is 3.77. The van der Waals surface area contributed by atoms with Crippen LogP contribution in [0.4, 0.5) is 19.3 Å². The van der Waals surface area contributed by atoms with Gasteiger partial charge in [-0.3, -0.25) is 4.68 Å². The summed E-state index contributed by atoms with van der Waals surface area (Å²) in [5.41, 5.74) is 2.35. The van der Waals surface area contributed by atoms with E-state index in [0.717, 1.165) is 11.1 Å². The molecular formula is C19H18F2N4O2. The number of rotatable bonds is 7. The second kappa shape index (κ2) is 8.79. The standard InChI is InChI=1S/C19H18F2N4O2/c20-18(21)27-17-8-3-7-16(11-17)24-19(26)22-12-14-5-1-2-6-15(14)13-25-10-4-9-23-25/h1-11,18H,12-13H2,(H2,22,24,26). The van der Waals surface area contributed by atoms with E-state index in [1.54, 1.807) is 16.9 Å². The van der Waals surface area contributed by atoms with E-state index in [9.17, 15) is 13.6 Å². The Balaban J connectivity index is 1.58. The van der Waals surface area contributed by atoms with Gasteiger partial charge in [-0.15, -0.1) is 0 Å². The van der Waals surface area contributed by atoms with Gasteiger partial charge in [-0.05, 0) is 29.3 Å². The van der Waals surface area contributed by atoms with Gasteiger partial charge in [0.25, 0.3) is 0 Å². The zero-order valence-electron chi connectivity index (χ0n) is 14.3. The highest BCUT2D eigenvalue weighted by atomic mass is 19.3. The van der Waals surface area contributed by atoms with Crippen LogP contribution in [-0.2, 0) is 13.1 Å². The van der Waals surface area contributed by atoms with Crippen LogP contribution in [0.25, 0.3) is 0 Å². The summed E-state index contributed by atoms with van der Waals surface area (Å²) in [6, 6.07) is 15.0. The number of nitrogens with one attached hydrogen (secondary N) is 2. The number of halogens is 2. The quantitative estimate of drug-likeness (QED) is 0.662. The van der Waals surface area contributed by atoms with Gasteiger partial charge in [0, 0.05) is 30.7 Å². The normalized spacial score (nSPS) is 10.6. The van der Waals surface area contributed by atoms with Gasteiger partial charge in [0.2, 0.25) is 0 Å². The van der Waals surface area contributed by atoms with E-state index < -0.39 is 12.6 Å². The molecule has 0 radical (unpaired) electrons. The van der Waals surface area contributed by atoms with Crippen LogP contribution in [0.5, 0.6) is 5.75 Å². The van der Waals surface area contributed by atoms with Crippen LogP contribution in [-0.4, -0.2) is 22.4 Å². The van der Waals surface area contributed by atoms with E-state index in [-0.39, 0.29) is 5.75 Å². The van der Waals surface area contributed by atoms with Gasteiger partial charge >= 0.3 is 12.6 Å². The first kappa shape index (κ1) is 18.4. The molecule has 0 bridgehead atoms. The number of ether oxygens (including phenoxy) is 1. The lowest BCUT2D eigenvalue weighted by molar-refractivity contribution is -0.0497. The first-order valence-electron chi connectivity index (χ1n) is 8.24. The van der Waals surface area contributed by atoms with E-state index in [0.29, 0.717) is 18.8 Å². The average molecular weight is 372 g/mol. The zero-order valence-corrected chi connectivity index (χ0v) is 14.3. The lowest BCUT2D eigenvalue weighted by Crippen LogP contribution is -2.28. The molecule has 0 saturated carbocycles. The molecule has 0 spiro atoms. The Morgan fingerprint density at radius 1 is 1.11 bits per heavy atom. The third-order valence-electron chi connectivity index (χ3n) is 3.77. The smallest absolute Gasteiger partial charge is 0.387 e. The number of amides is 2. The van der Waals surface area contributed by atoms with E-state index in [1.807, 2.05) is 36.5 Å².